The van der Waals surface area contributed by atoms with E-state index in [0.29, 0.717) is 50.9 Å². The third-order valence-electron chi connectivity index (χ3n) is 5.88. The first-order valence-electron chi connectivity index (χ1n) is 10.3. The molecule has 1 amide bonds. The highest BCUT2D eigenvalue weighted by molar-refractivity contribution is 7.90. The van der Waals surface area contributed by atoms with Crippen LogP contribution in [-0.4, -0.2) is 61.2 Å². The monoisotopic (exact) mass is 459 g/mol. The lowest BCUT2D eigenvalue weighted by Crippen LogP contribution is -2.45. The number of nitrogens with zero attached hydrogens (tertiary/aromatic N) is 2. The number of aromatic amines is 1. The molecule has 0 unspecified atom stereocenters. The summed E-state index contributed by atoms with van der Waals surface area (Å²) >= 11 is 6.04. The Morgan fingerprint density at radius 1 is 1.17 bits per heavy atom. The number of H-pyrrole nitrogens is 1. The van der Waals surface area contributed by atoms with Gasteiger partial charge < -0.3 is 15.0 Å². The van der Waals surface area contributed by atoms with E-state index in [4.69, 9.17) is 16.3 Å². The summed E-state index contributed by atoms with van der Waals surface area (Å²) in [5.41, 5.74) is 0.0743. The first-order chi connectivity index (χ1) is 14.3. The van der Waals surface area contributed by atoms with Gasteiger partial charge in [-0.25, -0.2) is 23.0 Å². The minimum Gasteiger partial charge on any atom is -0.444 e. The van der Waals surface area contributed by atoms with Gasteiger partial charge in [-0.3, -0.25) is 4.79 Å². The first-order valence-corrected chi connectivity index (χ1v) is 12.2. The number of sulfonamides is 1. The third kappa shape index (κ3) is 5.06. The van der Waals surface area contributed by atoms with Gasteiger partial charge in [0.15, 0.2) is 0 Å². The van der Waals surface area contributed by atoms with Crippen LogP contribution < -0.4 is 20.5 Å². The second-order valence-corrected chi connectivity index (χ2v) is 10.6. The fraction of sp³-hybridized carbons (Fsp3) is 0.722. The SMILES string of the molecule is O=C(N[C@H]1CC[C@H](NS(=O)(=O)C2CC2)CC1)O[C@@H]1CCN(c2cn[nH]c(=O)c2Cl)C1. The molecule has 1 aromatic rings. The van der Waals surface area contributed by atoms with Gasteiger partial charge in [0.25, 0.3) is 5.56 Å². The van der Waals surface area contributed by atoms with Crippen LogP contribution in [0.4, 0.5) is 10.5 Å². The van der Waals surface area contributed by atoms with E-state index < -0.39 is 21.7 Å². The summed E-state index contributed by atoms with van der Waals surface area (Å²) in [6.07, 6.45) is 5.65. The topological polar surface area (TPSA) is 133 Å². The lowest BCUT2D eigenvalue weighted by molar-refractivity contribution is 0.102. The highest BCUT2D eigenvalue weighted by Crippen LogP contribution is 2.29. The Bertz CT molecular complexity index is 943. The smallest absolute Gasteiger partial charge is 0.407 e. The van der Waals surface area contributed by atoms with E-state index in [1.54, 1.807) is 0 Å². The largest absolute Gasteiger partial charge is 0.444 e. The molecule has 1 saturated heterocycles. The van der Waals surface area contributed by atoms with E-state index in [1.165, 1.54) is 6.20 Å². The second kappa shape index (κ2) is 8.72. The van der Waals surface area contributed by atoms with Crippen LogP contribution in [0, 0.1) is 0 Å². The zero-order valence-electron chi connectivity index (χ0n) is 16.5. The van der Waals surface area contributed by atoms with Crippen LogP contribution in [0.15, 0.2) is 11.0 Å². The van der Waals surface area contributed by atoms with Crippen LogP contribution in [0.1, 0.15) is 44.9 Å². The Kier molecular flexibility index (Phi) is 6.21. The number of carbonyl (C=O) groups is 1. The minimum atomic E-state index is -3.18. The first kappa shape index (κ1) is 21.4. The van der Waals surface area contributed by atoms with Crippen LogP contribution in [0.5, 0.6) is 0 Å². The van der Waals surface area contributed by atoms with Crippen molar-refractivity contribution >= 4 is 33.4 Å². The molecule has 0 bridgehead atoms. The normalized spacial score (nSPS) is 27.1. The van der Waals surface area contributed by atoms with Gasteiger partial charge in [-0.2, -0.15) is 5.10 Å². The van der Waals surface area contributed by atoms with Crippen molar-refractivity contribution in [2.24, 2.45) is 0 Å². The van der Waals surface area contributed by atoms with E-state index in [-0.39, 0.29) is 28.5 Å². The number of aromatic nitrogens is 2. The summed E-state index contributed by atoms with van der Waals surface area (Å²) < 4.78 is 32.4. The number of nitrogens with one attached hydrogen (secondary N) is 3. The Labute approximate surface area is 179 Å². The molecule has 30 heavy (non-hydrogen) atoms. The van der Waals surface area contributed by atoms with Crippen molar-refractivity contribution < 1.29 is 17.9 Å². The van der Waals surface area contributed by atoms with Gasteiger partial charge in [0.2, 0.25) is 10.0 Å². The number of alkyl carbamates (subject to hydrolysis) is 1. The molecule has 0 aromatic carbocycles. The number of ether oxygens (including phenoxy) is 1. The molecular weight excluding hydrogens is 434 g/mol. The lowest BCUT2D eigenvalue weighted by Gasteiger charge is -2.29. The molecule has 1 aliphatic heterocycles. The van der Waals surface area contributed by atoms with E-state index in [0.717, 1.165) is 12.8 Å². The molecule has 4 rings (SSSR count). The third-order valence-corrected chi connectivity index (χ3v) is 8.26. The fourth-order valence-electron chi connectivity index (χ4n) is 4.05. The predicted octanol–water partition coefficient (Wildman–Crippen LogP) is 1.12. The number of amides is 1. The van der Waals surface area contributed by atoms with Crippen LogP contribution in [-0.2, 0) is 14.8 Å². The molecule has 1 aromatic heterocycles. The summed E-state index contributed by atoms with van der Waals surface area (Å²) in [5, 5.41) is 8.80. The molecule has 3 fully saturated rings. The fourth-order valence-corrected chi connectivity index (χ4v) is 5.91. The van der Waals surface area contributed by atoms with Crippen molar-refractivity contribution in [1.82, 2.24) is 20.2 Å². The number of hydrogen-bond donors (Lipinski definition) is 3. The molecule has 1 atom stereocenters. The maximum absolute atomic E-state index is 12.3. The molecule has 3 N–H and O–H groups in total. The summed E-state index contributed by atoms with van der Waals surface area (Å²) in [5.74, 6) is 0. The molecule has 10 nitrogen and oxygen atoms in total. The lowest BCUT2D eigenvalue weighted by atomic mass is 9.92. The molecule has 2 heterocycles. The Balaban J connectivity index is 1.20. The van der Waals surface area contributed by atoms with Gasteiger partial charge in [0.05, 0.1) is 23.7 Å². The van der Waals surface area contributed by atoms with Crippen LogP contribution in [0.3, 0.4) is 0 Å². The van der Waals surface area contributed by atoms with Crippen LogP contribution in [0.25, 0.3) is 0 Å². The average molecular weight is 460 g/mol. The summed E-state index contributed by atoms with van der Waals surface area (Å²) in [4.78, 5) is 25.8. The van der Waals surface area contributed by atoms with Crippen molar-refractivity contribution in [3.8, 4) is 0 Å². The molecular formula is C18H26ClN5O5S. The molecule has 2 aliphatic carbocycles. The highest BCUT2D eigenvalue weighted by Gasteiger charge is 2.38. The Hall–Kier alpha value is -1.85. The standard InChI is InChI=1S/C18H26ClN5O5S/c19-16-15(9-20-22-17(16)25)24-8-7-13(10-24)29-18(26)21-11-1-3-12(4-2-11)23-30(27,28)14-5-6-14/h9,11-14,23H,1-8,10H2,(H,21,26)(H,22,25)/t11-,12-,13-/m1/s1. The molecule has 166 valence electrons. The Morgan fingerprint density at radius 2 is 1.87 bits per heavy atom. The van der Waals surface area contributed by atoms with Crippen molar-refractivity contribution in [2.75, 3.05) is 18.0 Å². The van der Waals surface area contributed by atoms with Gasteiger partial charge >= 0.3 is 6.09 Å². The average Bonchev–Trinajstić information content (AvgIpc) is 3.47. The maximum Gasteiger partial charge on any atom is 0.407 e. The molecule has 3 aliphatic rings. The van der Waals surface area contributed by atoms with Gasteiger partial charge in [0, 0.05) is 25.0 Å². The van der Waals surface area contributed by atoms with E-state index in [1.807, 2.05) is 4.90 Å². The highest BCUT2D eigenvalue weighted by atomic mass is 35.5. The summed E-state index contributed by atoms with van der Waals surface area (Å²) in [6.45, 7) is 1.04. The van der Waals surface area contributed by atoms with Gasteiger partial charge in [0.1, 0.15) is 11.1 Å². The molecule has 0 radical (unpaired) electrons. The zero-order chi connectivity index (χ0) is 21.3. The number of rotatable bonds is 6. The molecule has 0 spiro atoms. The zero-order valence-corrected chi connectivity index (χ0v) is 18.0. The predicted molar refractivity (Wildman–Crippen MR) is 111 cm³/mol. The van der Waals surface area contributed by atoms with Gasteiger partial charge in [-0.05, 0) is 38.5 Å². The van der Waals surface area contributed by atoms with Crippen molar-refractivity contribution in [3.63, 3.8) is 0 Å². The molecule has 12 heteroatoms. The number of hydrogen-bond acceptors (Lipinski definition) is 7. The van der Waals surface area contributed by atoms with Gasteiger partial charge in [-0.15, -0.1) is 0 Å². The summed E-state index contributed by atoms with van der Waals surface area (Å²) in [6, 6.07) is -0.0801. The van der Waals surface area contributed by atoms with E-state index in [9.17, 15) is 18.0 Å². The van der Waals surface area contributed by atoms with E-state index in [2.05, 4.69) is 20.2 Å². The number of halogens is 1. The van der Waals surface area contributed by atoms with Gasteiger partial charge in [-0.1, -0.05) is 11.6 Å². The molecule has 2 saturated carbocycles. The van der Waals surface area contributed by atoms with Crippen molar-refractivity contribution in [3.05, 3.63) is 21.6 Å². The number of carbonyl (C=O) groups excluding carboxylic acids is 1. The quantitative estimate of drug-likeness (QED) is 0.580. The van der Waals surface area contributed by atoms with Crippen molar-refractivity contribution in [1.29, 1.82) is 0 Å². The Morgan fingerprint density at radius 3 is 2.57 bits per heavy atom. The minimum absolute atomic E-state index is 0.0250. The number of anilines is 1. The maximum atomic E-state index is 12.3. The van der Waals surface area contributed by atoms with Crippen molar-refractivity contribution in [2.45, 2.75) is 68.4 Å². The van der Waals surface area contributed by atoms with Crippen LogP contribution >= 0.6 is 11.6 Å². The van der Waals surface area contributed by atoms with Crippen LogP contribution in [0.2, 0.25) is 5.02 Å². The van der Waals surface area contributed by atoms with E-state index >= 15 is 0 Å². The second-order valence-electron chi connectivity index (χ2n) is 8.22. The summed E-state index contributed by atoms with van der Waals surface area (Å²) in [7, 11) is -3.18.